The smallest absolute Gasteiger partial charge is 0.280 e. The van der Waals surface area contributed by atoms with Gasteiger partial charge in [0.25, 0.3) is 5.91 Å². The van der Waals surface area contributed by atoms with Crippen molar-refractivity contribution in [3.8, 4) is 0 Å². The summed E-state index contributed by atoms with van der Waals surface area (Å²) >= 11 is 1.11. The van der Waals surface area contributed by atoms with E-state index in [0.717, 1.165) is 34.6 Å². The van der Waals surface area contributed by atoms with Crippen LogP contribution in [-0.4, -0.2) is 26.9 Å². The van der Waals surface area contributed by atoms with Crippen LogP contribution in [0.1, 0.15) is 60.4 Å². The number of carbonyl (C=O) groups is 2. The van der Waals surface area contributed by atoms with E-state index in [9.17, 15) is 9.59 Å². The van der Waals surface area contributed by atoms with Gasteiger partial charge in [0, 0.05) is 16.6 Å². The van der Waals surface area contributed by atoms with Crippen molar-refractivity contribution in [1.29, 1.82) is 0 Å². The van der Waals surface area contributed by atoms with E-state index < -0.39 is 11.6 Å². The standard InChI is InChI=1S/C24H28N4O2S/c1-6-24(4,5)25-22(29)21(18-13-11-16(2)12-14-18)28(20-10-8-7-9-17(20)3)23(30)19-15-31-27-26-19/h7-15,21H,6H2,1-5H3,(H,25,29)/t21-/m0/s1. The van der Waals surface area contributed by atoms with Crippen molar-refractivity contribution in [3.05, 3.63) is 76.3 Å². The first-order valence-electron chi connectivity index (χ1n) is 10.3. The summed E-state index contributed by atoms with van der Waals surface area (Å²) in [5.41, 5.74) is 3.16. The third kappa shape index (κ3) is 5.17. The summed E-state index contributed by atoms with van der Waals surface area (Å²) in [6.07, 6.45) is 0.758. The number of aromatic nitrogens is 2. The Morgan fingerprint density at radius 1 is 1.10 bits per heavy atom. The number of hydrogen-bond acceptors (Lipinski definition) is 5. The SMILES string of the molecule is CCC(C)(C)NC(=O)[C@H](c1ccc(C)cc1)N(C(=O)c1csnn1)c1ccccc1C. The molecule has 162 valence electrons. The summed E-state index contributed by atoms with van der Waals surface area (Å²) in [5.74, 6) is -0.603. The predicted molar refractivity (Wildman–Crippen MR) is 124 cm³/mol. The highest BCUT2D eigenvalue weighted by atomic mass is 32.1. The second kappa shape index (κ2) is 9.39. The van der Waals surface area contributed by atoms with E-state index in [2.05, 4.69) is 14.9 Å². The molecule has 0 unspecified atom stereocenters. The monoisotopic (exact) mass is 436 g/mol. The molecule has 3 rings (SSSR count). The summed E-state index contributed by atoms with van der Waals surface area (Å²) in [6.45, 7) is 9.88. The van der Waals surface area contributed by atoms with E-state index in [-0.39, 0.29) is 17.5 Å². The first kappa shape index (κ1) is 22.6. The molecule has 0 radical (unpaired) electrons. The van der Waals surface area contributed by atoms with Crippen LogP contribution in [0.5, 0.6) is 0 Å². The largest absolute Gasteiger partial charge is 0.349 e. The highest BCUT2D eigenvalue weighted by molar-refractivity contribution is 7.03. The molecule has 0 saturated carbocycles. The molecule has 1 heterocycles. The second-order valence-corrected chi connectivity index (χ2v) is 8.90. The normalized spacial score (nSPS) is 12.3. The van der Waals surface area contributed by atoms with E-state index in [1.165, 1.54) is 4.90 Å². The van der Waals surface area contributed by atoms with Crippen LogP contribution in [0.2, 0.25) is 0 Å². The number of benzene rings is 2. The van der Waals surface area contributed by atoms with Crippen molar-refractivity contribution in [2.45, 2.75) is 52.6 Å². The van der Waals surface area contributed by atoms with Crippen LogP contribution in [0, 0.1) is 13.8 Å². The Balaban J connectivity index is 2.19. The lowest BCUT2D eigenvalue weighted by atomic mass is 9.97. The molecule has 2 aromatic carbocycles. The van der Waals surface area contributed by atoms with Gasteiger partial charge in [-0.1, -0.05) is 59.4 Å². The maximum atomic E-state index is 13.7. The number of rotatable bonds is 7. The average Bonchev–Trinajstić information content (AvgIpc) is 3.28. The predicted octanol–water partition coefficient (Wildman–Crippen LogP) is 4.85. The van der Waals surface area contributed by atoms with Gasteiger partial charge in [0.1, 0.15) is 6.04 Å². The van der Waals surface area contributed by atoms with Gasteiger partial charge in [0.15, 0.2) is 5.69 Å². The van der Waals surface area contributed by atoms with E-state index in [1.54, 1.807) is 5.38 Å². The molecule has 0 aliphatic carbocycles. The molecule has 0 spiro atoms. The molecule has 0 aliphatic heterocycles. The molecule has 1 aromatic heterocycles. The molecule has 6 nitrogen and oxygen atoms in total. The zero-order chi connectivity index (χ0) is 22.6. The molecule has 31 heavy (non-hydrogen) atoms. The summed E-state index contributed by atoms with van der Waals surface area (Å²) in [5, 5.41) is 8.71. The molecule has 0 saturated heterocycles. The number of anilines is 1. The number of hydrogen-bond donors (Lipinski definition) is 1. The Morgan fingerprint density at radius 2 is 1.77 bits per heavy atom. The molecular weight excluding hydrogens is 408 g/mol. The van der Waals surface area contributed by atoms with E-state index in [4.69, 9.17) is 0 Å². The number of nitrogens with zero attached hydrogens (tertiary/aromatic N) is 3. The molecule has 1 atom stereocenters. The van der Waals surface area contributed by atoms with Crippen LogP contribution >= 0.6 is 11.5 Å². The number of aryl methyl sites for hydroxylation is 2. The molecule has 2 amide bonds. The van der Waals surface area contributed by atoms with Gasteiger partial charge in [-0.25, -0.2) is 0 Å². The van der Waals surface area contributed by atoms with Crippen molar-refractivity contribution >= 4 is 29.0 Å². The maximum Gasteiger partial charge on any atom is 0.280 e. The molecule has 1 N–H and O–H groups in total. The number of carbonyl (C=O) groups excluding carboxylic acids is 2. The van der Waals surface area contributed by atoms with Crippen LogP contribution in [0.3, 0.4) is 0 Å². The van der Waals surface area contributed by atoms with E-state index in [0.29, 0.717) is 5.69 Å². The summed E-state index contributed by atoms with van der Waals surface area (Å²) < 4.78 is 3.85. The van der Waals surface area contributed by atoms with Crippen molar-refractivity contribution in [2.75, 3.05) is 4.90 Å². The number of para-hydroxylation sites is 1. The lowest BCUT2D eigenvalue weighted by Gasteiger charge is -2.35. The van der Waals surface area contributed by atoms with E-state index >= 15 is 0 Å². The molecular formula is C24H28N4O2S. The minimum absolute atomic E-state index is 0.216. The number of nitrogens with one attached hydrogen (secondary N) is 1. The van der Waals surface area contributed by atoms with Crippen molar-refractivity contribution < 1.29 is 9.59 Å². The minimum atomic E-state index is -0.860. The fourth-order valence-corrected chi connectivity index (χ4v) is 3.67. The molecule has 3 aromatic rings. The zero-order valence-electron chi connectivity index (χ0n) is 18.5. The summed E-state index contributed by atoms with van der Waals surface area (Å²) in [7, 11) is 0. The molecule has 0 bridgehead atoms. The van der Waals surface area contributed by atoms with Crippen LogP contribution in [0.25, 0.3) is 0 Å². The van der Waals surface area contributed by atoms with Gasteiger partial charge in [0.2, 0.25) is 5.91 Å². The highest BCUT2D eigenvalue weighted by Crippen LogP contribution is 2.32. The number of amides is 2. The Bertz CT molecular complexity index is 1050. The van der Waals surface area contributed by atoms with Crippen LogP contribution in [-0.2, 0) is 4.79 Å². The van der Waals surface area contributed by atoms with Gasteiger partial charge in [-0.05, 0) is 62.8 Å². The lowest BCUT2D eigenvalue weighted by Crippen LogP contribution is -2.50. The first-order valence-corrected chi connectivity index (χ1v) is 11.1. The molecule has 7 heteroatoms. The van der Waals surface area contributed by atoms with E-state index in [1.807, 2.05) is 83.1 Å². The Kier molecular flexibility index (Phi) is 6.85. The zero-order valence-corrected chi connectivity index (χ0v) is 19.4. The minimum Gasteiger partial charge on any atom is -0.349 e. The lowest BCUT2D eigenvalue weighted by molar-refractivity contribution is -0.124. The topological polar surface area (TPSA) is 75.2 Å². The summed E-state index contributed by atoms with van der Waals surface area (Å²) in [4.78, 5) is 28.8. The van der Waals surface area contributed by atoms with Gasteiger partial charge in [-0.2, -0.15) is 0 Å². The Morgan fingerprint density at radius 3 is 2.35 bits per heavy atom. The quantitative estimate of drug-likeness (QED) is 0.575. The fraction of sp³-hybridized carbons (Fsp3) is 0.333. The third-order valence-corrected chi connectivity index (χ3v) is 5.92. The van der Waals surface area contributed by atoms with Gasteiger partial charge < -0.3 is 5.32 Å². The molecule has 0 aliphatic rings. The van der Waals surface area contributed by atoms with Crippen molar-refractivity contribution in [3.63, 3.8) is 0 Å². The first-order chi connectivity index (χ1) is 14.7. The van der Waals surface area contributed by atoms with Crippen LogP contribution < -0.4 is 10.2 Å². The summed E-state index contributed by atoms with van der Waals surface area (Å²) in [6, 6.07) is 14.4. The van der Waals surface area contributed by atoms with Gasteiger partial charge >= 0.3 is 0 Å². The maximum absolute atomic E-state index is 13.7. The second-order valence-electron chi connectivity index (χ2n) is 8.29. The van der Waals surface area contributed by atoms with Gasteiger partial charge in [0.05, 0.1) is 0 Å². The molecule has 0 fully saturated rings. The van der Waals surface area contributed by atoms with Crippen molar-refractivity contribution in [1.82, 2.24) is 14.9 Å². The van der Waals surface area contributed by atoms with Crippen LogP contribution in [0.15, 0.2) is 53.9 Å². The fourth-order valence-electron chi connectivity index (χ4n) is 3.24. The van der Waals surface area contributed by atoms with Gasteiger partial charge in [-0.3, -0.25) is 14.5 Å². The Labute approximate surface area is 187 Å². The average molecular weight is 437 g/mol. The Hall–Kier alpha value is -3.06. The van der Waals surface area contributed by atoms with Gasteiger partial charge in [-0.15, -0.1) is 5.10 Å². The highest BCUT2D eigenvalue weighted by Gasteiger charge is 2.36. The third-order valence-electron chi connectivity index (χ3n) is 5.42. The van der Waals surface area contributed by atoms with Crippen LogP contribution in [0.4, 0.5) is 5.69 Å². The van der Waals surface area contributed by atoms with Crippen molar-refractivity contribution in [2.24, 2.45) is 0 Å².